The van der Waals surface area contributed by atoms with Gasteiger partial charge in [-0.1, -0.05) is 18.2 Å². The first-order valence-electron chi connectivity index (χ1n) is 10.2. The highest BCUT2D eigenvalue weighted by Crippen LogP contribution is 2.29. The number of aliphatic hydroxyl groups is 1. The molecule has 6 nitrogen and oxygen atoms in total. The maximum atomic E-state index is 10.6. The topological polar surface area (TPSA) is 80.9 Å². The molecule has 152 valence electrons. The zero-order valence-electron chi connectivity index (χ0n) is 17.5. The molecule has 2 aromatic carbocycles. The summed E-state index contributed by atoms with van der Waals surface area (Å²) in [5.41, 5.74) is 7.11. The van der Waals surface area contributed by atoms with Gasteiger partial charge in [-0.05, 0) is 55.2 Å². The molecule has 2 aromatic heterocycles. The van der Waals surface area contributed by atoms with Gasteiger partial charge in [0.2, 0.25) is 0 Å². The Morgan fingerprint density at radius 1 is 1.17 bits per heavy atom. The van der Waals surface area contributed by atoms with E-state index in [0.717, 1.165) is 17.5 Å². The van der Waals surface area contributed by atoms with E-state index in [0.29, 0.717) is 30.3 Å². The van der Waals surface area contributed by atoms with E-state index < -0.39 is 0 Å². The normalized spacial score (nSPS) is 14.6. The highest BCUT2D eigenvalue weighted by Gasteiger charge is 2.30. The van der Waals surface area contributed by atoms with Crippen LogP contribution >= 0.6 is 0 Å². The lowest BCUT2D eigenvalue weighted by molar-refractivity contribution is 0.351. The van der Waals surface area contributed by atoms with Gasteiger partial charge in [0, 0.05) is 30.7 Å². The van der Waals surface area contributed by atoms with Crippen LogP contribution in [0.3, 0.4) is 0 Å². The maximum absolute atomic E-state index is 10.6. The number of hydrogen-bond donors (Lipinski definition) is 3. The average molecular weight is 399 g/mol. The van der Waals surface area contributed by atoms with E-state index in [4.69, 9.17) is 5.41 Å². The molecular weight excluding hydrogens is 374 g/mol. The van der Waals surface area contributed by atoms with Crippen molar-refractivity contribution in [2.24, 2.45) is 7.05 Å². The smallest absolute Gasteiger partial charge is 0.145 e. The number of para-hydroxylation sites is 1. The highest BCUT2D eigenvalue weighted by atomic mass is 16.3. The number of aromatic nitrogens is 3. The van der Waals surface area contributed by atoms with Crippen molar-refractivity contribution in [2.45, 2.75) is 20.3 Å². The summed E-state index contributed by atoms with van der Waals surface area (Å²) >= 11 is 0. The molecule has 0 fully saturated rings. The average Bonchev–Trinajstić information content (AvgIpc) is 3.34. The van der Waals surface area contributed by atoms with E-state index in [-0.39, 0.29) is 5.76 Å². The van der Waals surface area contributed by atoms with E-state index in [9.17, 15) is 5.11 Å². The second kappa shape index (κ2) is 6.76. The maximum Gasteiger partial charge on any atom is 0.145 e. The van der Waals surface area contributed by atoms with Crippen molar-refractivity contribution in [1.29, 1.82) is 5.41 Å². The second-order valence-electron chi connectivity index (χ2n) is 8.16. The lowest BCUT2D eigenvalue weighted by atomic mass is 10.1. The minimum atomic E-state index is 0.199. The van der Waals surface area contributed by atoms with Crippen molar-refractivity contribution in [3.63, 3.8) is 0 Å². The first-order chi connectivity index (χ1) is 14.4. The molecule has 0 bridgehead atoms. The predicted octanol–water partition coefficient (Wildman–Crippen LogP) is 4.48. The minimum absolute atomic E-state index is 0.199. The fourth-order valence-electron chi connectivity index (χ4n) is 4.34. The van der Waals surface area contributed by atoms with E-state index >= 15 is 0 Å². The zero-order valence-corrected chi connectivity index (χ0v) is 17.5. The standard InChI is InChI=1S/C24H25N5O/c1-14-10-18-19(11-15(14)2)27-24(26-18)22-21(30)13-29(23(22)25)9-8-16-12-28(3)20-7-5-4-6-17(16)20/h4-7,10-12,25,30H,8-9,13H2,1-3H3,(H,26,27). The third-order valence-corrected chi connectivity index (χ3v) is 6.15. The van der Waals surface area contributed by atoms with Gasteiger partial charge >= 0.3 is 0 Å². The molecule has 1 aliphatic heterocycles. The van der Waals surface area contributed by atoms with Crippen LogP contribution in [0.15, 0.2) is 48.4 Å². The molecule has 4 aromatic rings. The summed E-state index contributed by atoms with van der Waals surface area (Å²) in [6, 6.07) is 12.5. The lowest BCUT2D eigenvalue weighted by Crippen LogP contribution is -2.29. The van der Waals surface area contributed by atoms with Crippen molar-refractivity contribution in [3.8, 4) is 0 Å². The second-order valence-corrected chi connectivity index (χ2v) is 8.16. The first kappa shape index (κ1) is 18.5. The van der Waals surface area contributed by atoms with Crippen molar-refractivity contribution in [1.82, 2.24) is 19.4 Å². The molecule has 0 radical (unpaired) electrons. The number of fused-ring (bicyclic) bond motifs is 2. The minimum Gasteiger partial charge on any atom is -0.510 e. The van der Waals surface area contributed by atoms with E-state index in [2.05, 4.69) is 65.9 Å². The number of benzene rings is 2. The molecule has 0 unspecified atom stereocenters. The van der Waals surface area contributed by atoms with Crippen LogP contribution < -0.4 is 0 Å². The predicted molar refractivity (Wildman–Crippen MR) is 121 cm³/mol. The fourth-order valence-corrected chi connectivity index (χ4v) is 4.34. The Hall–Kier alpha value is -3.54. The Morgan fingerprint density at radius 2 is 1.93 bits per heavy atom. The van der Waals surface area contributed by atoms with Gasteiger partial charge in [-0.3, -0.25) is 5.41 Å². The molecule has 0 saturated carbocycles. The van der Waals surface area contributed by atoms with Crippen LogP contribution in [-0.4, -0.2) is 43.5 Å². The molecule has 0 amide bonds. The lowest BCUT2D eigenvalue weighted by Gasteiger charge is -2.18. The number of H-pyrrole nitrogens is 1. The van der Waals surface area contributed by atoms with Crippen molar-refractivity contribution >= 4 is 33.3 Å². The monoisotopic (exact) mass is 399 g/mol. The van der Waals surface area contributed by atoms with Crippen LogP contribution in [-0.2, 0) is 13.5 Å². The summed E-state index contributed by atoms with van der Waals surface area (Å²) in [5.74, 6) is 1.08. The van der Waals surface area contributed by atoms with Gasteiger partial charge in [-0.2, -0.15) is 0 Å². The van der Waals surface area contributed by atoms with Gasteiger partial charge < -0.3 is 19.6 Å². The third-order valence-electron chi connectivity index (χ3n) is 6.15. The molecular formula is C24H25N5O. The van der Waals surface area contributed by atoms with Crippen LogP contribution in [0.5, 0.6) is 0 Å². The van der Waals surface area contributed by atoms with Gasteiger partial charge in [0.25, 0.3) is 0 Å². The number of aromatic amines is 1. The van der Waals surface area contributed by atoms with Crippen LogP contribution in [0.2, 0.25) is 0 Å². The number of imidazole rings is 1. The molecule has 30 heavy (non-hydrogen) atoms. The van der Waals surface area contributed by atoms with Gasteiger partial charge in [0.1, 0.15) is 17.4 Å². The molecule has 5 rings (SSSR count). The summed E-state index contributed by atoms with van der Waals surface area (Å²) in [5, 5.41) is 20.5. The summed E-state index contributed by atoms with van der Waals surface area (Å²) < 4.78 is 2.14. The summed E-state index contributed by atoms with van der Waals surface area (Å²) in [7, 11) is 2.06. The highest BCUT2D eigenvalue weighted by molar-refractivity contribution is 6.23. The van der Waals surface area contributed by atoms with Gasteiger partial charge in [-0.25, -0.2) is 4.98 Å². The summed E-state index contributed by atoms with van der Waals surface area (Å²) in [6.07, 6.45) is 2.96. The van der Waals surface area contributed by atoms with Crippen molar-refractivity contribution in [3.05, 3.63) is 70.9 Å². The Labute approximate surface area is 175 Å². The quantitative estimate of drug-likeness (QED) is 0.473. The molecule has 3 heterocycles. The largest absolute Gasteiger partial charge is 0.510 e. The van der Waals surface area contributed by atoms with E-state index in [1.807, 2.05) is 17.0 Å². The van der Waals surface area contributed by atoms with Crippen LogP contribution in [0.25, 0.3) is 27.5 Å². The summed E-state index contributed by atoms with van der Waals surface area (Å²) in [6.45, 7) is 5.14. The molecule has 0 atom stereocenters. The number of aliphatic hydroxyl groups excluding tert-OH is 1. The molecule has 0 spiro atoms. The summed E-state index contributed by atoms with van der Waals surface area (Å²) in [4.78, 5) is 9.85. The van der Waals surface area contributed by atoms with Crippen LogP contribution in [0.4, 0.5) is 0 Å². The Kier molecular flexibility index (Phi) is 4.17. The Morgan fingerprint density at radius 3 is 2.77 bits per heavy atom. The number of hydrogen-bond acceptors (Lipinski definition) is 3. The van der Waals surface area contributed by atoms with Crippen molar-refractivity contribution < 1.29 is 5.11 Å². The number of aryl methyl sites for hydroxylation is 3. The van der Waals surface area contributed by atoms with Crippen LogP contribution in [0.1, 0.15) is 22.5 Å². The molecule has 0 saturated heterocycles. The van der Waals surface area contributed by atoms with Crippen molar-refractivity contribution in [2.75, 3.05) is 13.1 Å². The SMILES string of the molecule is Cc1cc2nc(C3=C(O)CN(CCc4cn(C)c5ccccc45)C3=N)[nH]c2cc1C. The number of nitrogens with one attached hydrogen (secondary N) is 2. The molecule has 0 aliphatic carbocycles. The van der Waals surface area contributed by atoms with Gasteiger partial charge in [0.05, 0.1) is 23.2 Å². The number of rotatable bonds is 4. The van der Waals surface area contributed by atoms with Crippen LogP contribution in [0, 0.1) is 19.3 Å². The number of amidine groups is 1. The molecule has 1 aliphatic rings. The molecule has 3 N–H and O–H groups in total. The Bertz CT molecular complexity index is 1300. The fraction of sp³-hybridized carbons (Fsp3) is 0.250. The van der Waals surface area contributed by atoms with E-state index in [1.165, 1.54) is 27.6 Å². The van der Waals surface area contributed by atoms with Gasteiger partial charge in [0.15, 0.2) is 0 Å². The third kappa shape index (κ3) is 2.87. The first-order valence-corrected chi connectivity index (χ1v) is 10.2. The number of nitrogens with zero attached hydrogens (tertiary/aromatic N) is 3. The zero-order chi connectivity index (χ0) is 21.0. The Balaban J connectivity index is 1.38. The van der Waals surface area contributed by atoms with E-state index in [1.54, 1.807) is 0 Å². The molecule has 6 heteroatoms. The van der Waals surface area contributed by atoms with Gasteiger partial charge in [-0.15, -0.1) is 0 Å².